The molecule has 142 valence electrons. The monoisotopic (exact) mass is 361 g/mol. The first kappa shape index (κ1) is 18.3. The van der Waals surface area contributed by atoms with Crippen molar-refractivity contribution in [2.45, 2.75) is 58.9 Å². The number of aliphatic imine (C=N–C) groups is 1. The van der Waals surface area contributed by atoms with E-state index in [0.29, 0.717) is 17.1 Å². The third-order valence-corrected chi connectivity index (χ3v) is 7.99. The fourth-order valence-corrected chi connectivity index (χ4v) is 5.65. The van der Waals surface area contributed by atoms with Crippen molar-refractivity contribution < 1.29 is 5.11 Å². The number of benzene rings is 2. The molecule has 2 nitrogen and oxygen atoms in total. The average molecular weight is 362 g/mol. The van der Waals surface area contributed by atoms with Crippen molar-refractivity contribution in [3.05, 3.63) is 65.2 Å². The molecule has 2 bridgehead atoms. The standard InChI is InChI=1S/C25H31NO/c1-17(18-9-6-5-7-10-18)26-16-19-11-8-12-21(23(19)27)22-15-20-13-14-25(22,4)24(20,2)3/h5-12,16-17,20,22,27H,13-15H2,1-4H3/t17-,20+,22-,25-/m1/s1. The summed E-state index contributed by atoms with van der Waals surface area (Å²) in [6, 6.07) is 16.5. The van der Waals surface area contributed by atoms with Crippen molar-refractivity contribution in [2.75, 3.05) is 0 Å². The van der Waals surface area contributed by atoms with Crippen LogP contribution in [0.15, 0.2) is 53.5 Å². The maximum absolute atomic E-state index is 11.1. The van der Waals surface area contributed by atoms with E-state index in [9.17, 15) is 5.11 Å². The summed E-state index contributed by atoms with van der Waals surface area (Å²) in [5.41, 5.74) is 3.74. The van der Waals surface area contributed by atoms with E-state index in [-0.39, 0.29) is 11.5 Å². The van der Waals surface area contributed by atoms with Gasteiger partial charge < -0.3 is 5.11 Å². The summed E-state index contributed by atoms with van der Waals surface area (Å²) >= 11 is 0. The molecule has 0 unspecified atom stereocenters. The second kappa shape index (κ2) is 6.51. The van der Waals surface area contributed by atoms with Crippen molar-refractivity contribution in [3.8, 4) is 5.75 Å². The minimum Gasteiger partial charge on any atom is -0.507 e. The van der Waals surface area contributed by atoms with E-state index in [0.717, 1.165) is 17.0 Å². The molecule has 2 saturated carbocycles. The molecule has 2 fully saturated rings. The number of para-hydroxylation sites is 1. The summed E-state index contributed by atoms with van der Waals surface area (Å²) in [5, 5.41) is 11.1. The van der Waals surface area contributed by atoms with Gasteiger partial charge in [0.05, 0.1) is 6.04 Å². The van der Waals surface area contributed by atoms with E-state index < -0.39 is 0 Å². The van der Waals surface area contributed by atoms with Crippen LogP contribution in [0.5, 0.6) is 5.75 Å². The molecule has 4 atom stereocenters. The highest BCUT2D eigenvalue weighted by atomic mass is 16.3. The van der Waals surface area contributed by atoms with Gasteiger partial charge in [0, 0.05) is 11.8 Å². The Morgan fingerprint density at radius 2 is 1.81 bits per heavy atom. The number of phenolic OH excluding ortho intramolecular Hbond substituents is 1. The van der Waals surface area contributed by atoms with Crippen LogP contribution >= 0.6 is 0 Å². The number of hydrogen-bond acceptors (Lipinski definition) is 2. The number of nitrogens with zero attached hydrogens (tertiary/aromatic N) is 1. The van der Waals surface area contributed by atoms with Crippen LogP contribution in [0.4, 0.5) is 0 Å². The lowest BCUT2D eigenvalue weighted by Gasteiger charge is -2.39. The summed E-state index contributed by atoms with van der Waals surface area (Å²) in [7, 11) is 0. The van der Waals surface area contributed by atoms with E-state index in [1.54, 1.807) is 0 Å². The molecule has 2 aromatic carbocycles. The smallest absolute Gasteiger partial charge is 0.127 e. The molecule has 4 rings (SSSR count). The van der Waals surface area contributed by atoms with Crippen LogP contribution in [0.3, 0.4) is 0 Å². The molecule has 27 heavy (non-hydrogen) atoms. The number of fused-ring (bicyclic) bond motifs is 2. The highest BCUT2D eigenvalue weighted by Gasteiger charge is 2.61. The van der Waals surface area contributed by atoms with Crippen molar-refractivity contribution >= 4 is 6.21 Å². The highest BCUT2D eigenvalue weighted by molar-refractivity contribution is 5.84. The van der Waals surface area contributed by atoms with Crippen molar-refractivity contribution in [2.24, 2.45) is 21.7 Å². The number of rotatable bonds is 4. The van der Waals surface area contributed by atoms with Gasteiger partial charge >= 0.3 is 0 Å². The van der Waals surface area contributed by atoms with Crippen LogP contribution in [0.1, 0.15) is 75.6 Å². The SMILES string of the molecule is C[C@@H](N=Cc1cccc([C@H]2C[C@@H]3CC[C@@]2(C)C3(C)C)c1O)c1ccccc1. The zero-order valence-electron chi connectivity index (χ0n) is 16.9. The third-order valence-electron chi connectivity index (χ3n) is 7.99. The zero-order chi connectivity index (χ0) is 19.2. The van der Waals surface area contributed by atoms with Crippen LogP contribution in [0.2, 0.25) is 0 Å². The average Bonchev–Trinajstić information content (AvgIpc) is 3.01. The van der Waals surface area contributed by atoms with Gasteiger partial charge in [-0.15, -0.1) is 0 Å². The van der Waals surface area contributed by atoms with Crippen molar-refractivity contribution in [3.63, 3.8) is 0 Å². The maximum atomic E-state index is 11.1. The normalized spacial score (nSPS) is 30.1. The Labute approximate surface area is 163 Å². The second-order valence-electron chi connectivity index (χ2n) is 9.31. The zero-order valence-corrected chi connectivity index (χ0v) is 16.9. The molecule has 0 spiro atoms. The van der Waals surface area contributed by atoms with Crippen LogP contribution < -0.4 is 0 Å². The summed E-state index contributed by atoms with van der Waals surface area (Å²) < 4.78 is 0. The van der Waals surface area contributed by atoms with Gasteiger partial charge in [-0.05, 0) is 66.0 Å². The molecular formula is C25H31NO. The summed E-state index contributed by atoms with van der Waals surface area (Å²) in [6.45, 7) is 9.37. The Balaban J connectivity index is 1.62. The first-order valence-corrected chi connectivity index (χ1v) is 10.2. The Kier molecular flexibility index (Phi) is 4.41. The van der Waals surface area contributed by atoms with E-state index >= 15 is 0 Å². The van der Waals surface area contributed by atoms with Crippen LogP contribution in [0.25, 0.3) is 0 Å². The fraction of sp³-hybridized carbons (Fsp3) is 0.480. The van der Waals surface area contributed by atoms with Gasteiger partial charge in [0.25, 0.3) is 0 Å². The topological polar surface area (TPSA) is 32.6 Å². The van der Waals surface area contributed by atoms with E-state index in [1.165, 1.54) is 24.8 Å². The predicted molar refractivity (Wildman–Crippen MR) is 113 cm³/mol. The lowest BCUT2D eigenvalue weighted by Crippen LogP contribution is -2.31. The van der Waals surface area contributed by atoms with Crippen molar-refractivity contribution in [1.29, 1.82) is 0 Å². The number of aromatic hydroxyl groups is 1. The maximum Gasteiger partial charge on any atom is 0.127 e. The van der Waals surface area contributed by atoms with Gasteiger partial charge in [-0.1, -0.05) is 63.2 Å². The summed E-state index contributed by atoms with van der Waals surface area (Å²) in [5.74, 6) is 1.63. The van der Waals surface area contributed by atoms with Gasteiger partial charge in [-0.25, -0.2) is 0 Å². The van der Waals surface area contributed by atoms with E-state index in [1.807, 2.05) is 30.5 Å². The molecule has 2 aliphatic carbocycles. The van der Waals surface area contributed by atoms with Crippen molar-refractivity contribution in [1.82, 2.24) is 0 Å². The first-order valence-electron chi connectivity index (χ1n) is 10.2. The Hall–Kier alpha value is -2.09. The lowest BCUT2D eigenvalue weighted by molar-refractivity contribution is 0.133. The van der Waals surface area contributed by atoms with E-state index in [2.05, 4.69) is 52.0 Å². The molecule has 0 aromatic heterocycles. The molecule has 0 aliphatic heterocycles. The molecule has 0 radical (unpaired) electrons. The molecule has 0 heterocycles. The summed E-state index contributed by atoms with van der Waals surface area (Å²) in [6.07, 6.45) is 5.63. The summed E-state index contributed by atoms with van der Waals surface area (Å²) in [4.78, 5) is 4.70. The molecule has 0 amide bonds. The minimum atomic E-state index is 0.0770. The first-order chi connectivity index (χ1) is 12.8. The Bertz CT molecular complexity index is 854. The lowest BCUT2D eigenvalue weighted by atomic mass is 9.65. The minimum absolute atomic E-state index is 0.0770. The quantitative estimate of drug-likeness (QED) is 0.619. The second-order valence-corrected chi connectivity index (χ2v) is 9.31. The van der Waals surface area contributed by atoms with Crippen LogP contribution in [-0.4, -0.2) is 11.3 Å². The largest absolute Gasteiger partial charge is 0.507 e. The van der Waals surface area contributed by atoms with Crippen LogP contribution in [0, 0.1) is 16.7 Å². The van der Waals surface area contributed by atoms with Gasteiger partial charge in [0.1, 0.15) is 5.75 Å². The Morgan fingerprint density at radius 1 is 1.07 bits per heavy atom. The van der Waals surface area contributed by atoms with Gasteiger partial charge in [0.15, 0.2) is 0 Å². The number of hydrogen-bond donors (Lipinski definition) is 1. The van der Waals surface area contributed by atoms with Gasteiger partial charge in [-0.3, -0.25) is 4.99 Å². The highest BCUT2D eigenvalue weighted by Crippen LogP contribution is 2.71. The Morgan fingerprint density at radius 3 is 2.44 bits per heavy atom. The molecule has 0 saturated heterocycles. The predicted octanol–water partition coefficient (Wildman–Crippen LogP) is 6.50. The molecular weight excluding hydrogens is 330 g/mol. The molecule has 2 aromatic rings. The van der Waals surface area contributed by atoms with Gasteiger partial charge in [-0.2, -0.15) is 0 Å². The van der Waals surface area contributed by atoms with Gasteiger partial charge in [0.2, 0.25) is 0 Å². The molecule has 1 N–H and O–H groups in total. The number of phenols is 1. The fourth-order valence-electron chi connectivity index (χ4n) is 5.65. The van der Waals surface area contributed by atoms with E-state index in [4.69, 9.17) is 4.99 Å². The third kappa shape index (κ3) is 2.81. The molecule has 2 heteroatoms. The van der Waals surface area contributed by atoms with Crippen LogP contribution in [-0.2, 0) is 0 Å². The molecule has 2 aliphatic rings.